The normalized spacial score (nSPS) is 12.5. The van der Waals surface area contributed by atoms with Crippen molar-refractivity contribution in [2.45, 2.75) is 44.1 Å². The fourth-order valence-electron chi connectivity index (χ4n) is 2.03. The van der Waals surface area contributed by atoms with E-state index in [1.807, 2.05) is 0 Å². The summed E-state index contributed by atoms with van der Waals surface area (Å²) in [6.07, 6.45) is 0.884. The third-order valence-electron chi connectivity index (χ3n) is 3.28. The number of nitrogens with zero attached hydrogens (tertiary/aromatic N) is 3. The minimum absolute atomic E-state index is 0.0741. The van der Waals surface area contributed by atoms with Crippen molar-refractivity contribution in [2.24, 2.45) is 5.92 Å². The molecule has 6 heteroatoms. The Bertz CT molecular complexity index is 779. The molecule has 0 aliphatic heterocycles. The third kappa shape index (κ3) is 3.82. The SMILES string of the molecule is CC(C)CCn1c(SC(C)C#N)nc2cc(Cl)ccc2c1=O. The lowest BCUT2D eigenvalue weighted by molar-refractivity contribution is 0.481. The van der Waals surface area contributed by atoms with Gasteiger partial charge in [-0.1, -0.05) is 37.2 Å². The molecule has 0 fully saturated rings. The van der Waals surface area contributed by atoms with Gasteiger partial charge in [-0.2, -0.15) is 5.26 Å². The fraction of sp³-hybridized carbons (Fsp3) is 0.438. The summed E-state index contributed by atoms with van der Waals surface area (Å²) < 4.78 is 1.68. The molecule has 0 radical (unpaired) electrons. The van der Waals surface area contributed by atoms with Gasteiger partial charge < -0.3 is 0 Å². The van der Waals surface area contributed by atoms with Gasteiger partial charge >= 0.3 is 0 Å². The molecule has 0 amide bonds. The first kappa shape index (κ1) is 16.9. The molecule has 0 aliphatic rings. The van der Waals surface area contributed by atoms with Gasteiger partial charge in [-0.3, -0.25) is 9.36 Å². The van der Waals surface area contributed by atoms with Crippen LogP contribution in [0.2, 0.25) is 5.02 Å². The van der Waals surface area contributed by atoms with Crippen LogP contribution in [0.3, 0.4) is 0 Å². The molecule has 22 heavy (non-hydrogen) atoms. The van der Waals surface area contributed by atoms with Crippen molar-refractivity contribution in [3.05, 3.63) is 33.6 Å². The van der Waals surface area contributed by atoms with E-state index in [0.29, 0.717) is 33.5 Å². The second-order valence-electron chi connectivity index (χ2n) is 5.58. The Balaban J connectivity index is 2.58. The highest BCUT2D eigenvalue weighted by atomic mass is 35.5. The molecule has 0 saturated heterocycles. The number of rotatable bonds is 5. The van der Waals surface area contributed by atoms with Gasteiger partial charge in [0.1, 0.15) is 0 Å². The van der Waals surface area contributed by atoms with Crippen LogP contribution < -0.4 is 5.56 Å². The first-order chi connectivity index (χ1) is 10.4. The largest absolute Gasteiger partial charge is 0.287 e. The van der Waals surface area contributed by atoms with Gasteiger partial charge in [-0.05, 0) is 37.5 Å². The topological polar surface area (TPSA) is 58.7 Å². The van der Waals surface area contributed by atoms with E-state index in [4.69, 9.17) is 16.9 Å². The summed E-state index contributed by atoms with van der Waals surface area (Å²) in [5, 5.41) is 10.4. The predicted molar refractivity (Wildman–Crippen MR) is 91.4 cm³/mol. The molecular weight excluding hydrogens is 318 g/mol. The van der Waals surface area contributed by atoms with Crippen molar-refractivity contribution in [1.29, 1.82) is 5.26 Å². The van der Waals surface area contributed by atoms with Crippen LogP contribution >= 0.6 is 23.4 Å². The molecule has 0 bridgehead atoms. The van der Waals surface area contributed by atoms with Crippen molar-refractivity contribution in [3.8, 4) is 6.07 Å². The fourth-order valence-corrected chi connectivity index (χ4v) is 3.02. The molecule has 116 valence electrons. The lowest BCUT2D eigenvalue weighted by atomic mass is 10.1. The van der Waals surface area contributed by atoms with Crippen molar-refractivity contribution < 1.29 is 0 Å². The summed E-state index contributed by atoms with van der Waals surface area (Å²) in [4.78, 5) is 17.3. The maximum Gasteiger partial charge on any atom is 0.262 e. The Morgan fingerprint density at radius 3 is 2.77 bits per heavy atom. The first-order valence-electron chi connectivity index (χ1n) is 7.18. The second kappa shape index (κ2) is 7.17. The smallest absolute Gasteiger partial charge is 0.262 e. The molecule has 1 aromatic carbocycles. The van der Waals surface area contributed by atoms with E-state index >= 15 is 0 Å². The summed E-state index contributed by atoms with van der Waals surface area (Å²) in [6, 6.07) is 7.26. The average molecular weight is 336 g/mol. The molecule has 0 aliphatic carbocycles. The summed E-state index contributed by atoms with van der Waals surface area (Å²) in [5.41, 5.74) is 0.501. The summed E-state index contributed by atoms with van der Waals surface area (Å²) >= 11 is 7.30. The molecule has 0 N–H and O–H groups in total. The highest BCUT2D eigenvalue weighted by molar-refractivity contribution is 8.00. The second-order valence-corrected chi connectivity index (χ2v) is 7.33. The van der Waals surface area contributed by atoms with Crippen LogP contribution in [0.1, 0.15) is 27.2 Å². The number of hydrogen-bond acceptors (Lipinski definition) is 4. The van der Waals surface area contributed by atoms with Crippen LogP contribution in [0.4, 0.5) is 0 Å². The van der Waals surface area contributed by atoms with Crippen molar-refractivity contribution in [1.82, 2.24) is 9.55 Å². The molecular formula is C16H18ClN3OS. The molecule has 0 spiro atoms. The number of hydrogen-bond donors (Lipinski definition) is 0. The van der Waals surface area contributed by atoms with E-state index in [0.717, 1.165) is 6.42 Å². The van der Waals surface area contributed by atoms with Gasteiger partial charge in [0.15, 0.2) is 5.16 Å². The van der Waals surface area contributed by atoms with Crippen molar-refractivity contribution in [2.75, 3.05) is 0 Å². The van der Waals surface area contributed by atoms with E-state index in [1.165, 1.54) is 11.8 Å². The van der Waals surface area contributed by atoms with Gasteiger partial charge in [0, 0.05) is 11.6 Å². The number of halogens is 1. The monoisotopic (exact) mass is 335 g/mol. The highest BCUT2D eigenvalue weighted by Gasteiger charge is 2.15. The van der Waals surface area contributed by atoms with E-state index in [2.05, 4.69) is 24.9 Å². The third-order valence-corrected chi connectivity index (χ3v) is 4.49. The molecule has 0 saturated carbocycles. The van der Waals surface area contributed by atoms with E-state index in [1.54, 1.807) is 29.7 Å². The molecule has 1 aromatic heterocycles. The quantitative estimate of drug-likeness (QED) is 0.609. The van der Waals surface area contributed by atoms with Crippen LogP contribution in [0.15, 0.2) is 28.2 Å². The summed E-state index contributed by atoms with van der Waals surface area (Å²) in [5.74, 6) is 0.485. The lowest BCUT2D eigenvalue weighted by Gasteiger charge is -2.14. The maximum absolute atomic E-state index is 12.7. The van der Waals surface area contributed by atoms with Crippen LogP contribution in [-0.4, -0.2) is 14.8 Å². The predicted octanol–water partition coefficient (Wildman–Crippen LogP) is 4.10. The van der Waals surface area contributed by atoms with E-state index in [9.17, 15) is 4.79 Å². The standard InChI is InChI=1S/C16H18ClN3OS/c1-10(2)6-7-20-15(21)13-5-4-12(17)8-14(13)19-16(20)22-11(3)9-18/h4-5,8,10-11H,6-7H2,1-3H3. The summed E-state index contributed by atoms with van der Waals surface area (Å²) in [6.45, 7) is 6.63. The lowest BCUT2D eigenvalue weighted by Crippen LogP contribution is -2.24. The Kier molecular flexibility index (Phi) is 5.49. The Hall–Kier alpha value is -1.51. The van der Waals surface area contributed by atoms with Crippen LogP contribution in [-0.2, 0) is 6.54 Å². The van der Waals surface area contributed by atoms with Crippen molar-refractivity contribution in [3.63, 3.8) is 0 Å². The first-order valence-corrected chi connectivity index (χ1v) is 8.44. The van der Waals surface area contributed by atoms with Gasteiger partial charge in [0.2, 0.25) is 0 Å². The van der Waals surface area contributed by atoms with Gasteiger partial charge in [-0.15, -0.1) is 0 Å². The zero-order chi connectivity index (χ0) is 16.3. The van der Waals surface area contributed by atoms with Gasteiger partial charge in [-0.25, -0.2) is 4.98 Å². The molecule has 2 rings (SSSR count). The maximum atomic E-state index is 12.7. The van der Waals surface area contributed by atoms with Gasteiger partial charge in [0.05, 0.1) is 22.2 Å². The van der Waals surface area contributed by atoms with E-state index in [-0.39, 0.29) is 10.8 Å². The summed E-state index contributed by atoms with van der Waals surface area (Å²) in [7, 11) is 0. The van der Waals surface area contributed by atoms with Crippen LogP contribution in [0.5, 0.6) is 0 Å². The molecule has 1 heterocycles. The Morgan fingerprint density at radius 1 is 1.41 bits per heavy atom. The number of aromatic nitrogens is 2. The van der Waals surface area contributed by atoms with Crippen LogP contribution in [0, 0.1) is 17.2 Å². The zero-order valence-electron chi connectivity index (χ0n) is 12.8. The average Bonchev–Trinajstić information content (AvgIpc) is 2.46. The molecule has 1 unspecified atom stereocenters. The van der Waals surface area contributed by atoms with Crippen molar-refractivity contribution >= 4 is 34.3 Å². The number of nitriles is 1. The molecule has 2 aromatic rings. The molecule has 1 atom stereocenters. The van der Waals surface area contributed by atoms with Crippen LogP contribution in [0.25, 0.3) is 10.9 Å². The highest BCUT2D eigenvalue weighted by Crippen LogP contribution is 2.24. The zero-order valence-corrected chi connectivity index (χ0v) is 14.4. The Morgan fingerprint density at radius 2 is 2.14 bits per heavy atom. The minimum atomic E-state index is -0.270. The number of fused-ring (bicyclic) bond motifs is 1. The number of thioether (sulfide) groups is 1. The minimum Gasteiger partial charge on any atom is -0.287 e. The Labute approximate surface area is 139 Å². The molecule has 4 nitrogen and oxygen atoms in total. The van der Waals surface area contributed by atoms with E-state index < -0.39 is 0 Å². The number of benzene rings is 1. The van der Waals surface area contributed by atoms with Gasteiger partial charge in [0.25, 0.3) is 5.56 Å².